The van der Waals surface area contributed by atoms with Crippen molar-refractivity contribution >= 4 is 64.3 Å². The van der Waals surface area contributed by atoms with Crippen LogP contribution >= 0.6 is 0 Å². The normalized spacial score (nSPS) is 13.8. The Bertz CT molecular complexity index is 2150. The van der Waals surface area contributed by atoms with E-state index in [-0.39, 0.29) is 81.6 Å². The van der Waals surface area contributed by atoms with Crippen LogP contribution in [0.5, 0.6) is 5.75 Å². The number of phenols is 1. The van der Waals surface area contributed by atoms with Crippen LogP contribution in [-0.2, 0) is 46.4 Å². The minimum absolute atomic E-state index is 0.0356. The number of fused-ring (bicyclic) bond motifs is 1. The van der Waals surface area contributed by atoms with Gasteiger partial charge in [0.1, 0.15) is 36.0 Å². The molecule has 354 valence electrons. The summed E-state index contributed by atoms with van der Waals surface area (Å²) < 4.78 is 0. The number of guanidine groups is 2. The van der Waals surface area contributed by atoms with Gasteiger partial charge in [-0.1, -0.05) is 44.2 Å². The molecule has 1 aromatic heterocycles. The maximum absolute atomic E-state index is 14.1. The van der Waals surface area contributed by atoms with Crippen molar-refractivity contribution in [3.8, 4) is 5.75 Å². The molecule has 0 aliphatic carbocycles. The zero-order valence-electron chi connectivity index (χ0n) is 36.2. The van der Waals surface area contributed by atoms with Crippen LogP contribution in [0.4, 0.5) is 0 Å². The van der Waals surface area contributed by atoms with Gasteiger partial charge in [-0.15, -0.1) is 0 Å². The molecule has 6 atom stereocenters. The summed E-state index contributed by atoms with van der Waals surface area (Å²) >= 11 is 0. The molecule has 0 spiro atoms. The first kappa shape index (κ1) is 51.9. The van der Waals surface area contributed by atoms with E-state index in [2.05, 4.69) is 42.2 Å². The Morgan fingerprint density at radius 2 is 1.17 bits per heavy atom. The van der Waals surface area contributed by atoms with Gasteiger partial charge in [0, 0.05) is 36.6 Å². The monoisotopic (exact) mass is 907 g/mol. The van der Waals surface area contributed by atoms with Crippen LogP contribution in [0.1, 0.15) is 63.5 Å². The molecule has 2 aromatic carbocycles. The Balaban J connectivity index is 1.86. The quantitative estimate of drug-likeness (QED) is 0.0236. The van der Waals surface area contributed by atoms with Crippen LogP contribution in [0.25, 0.3) is 10.9 Å². The summed E-state index contributed by atoms with van der Waals surface area (Å²) in [4.78, 5) is 96.2. The molecular formula is C42H61N13O10. The van der Waals surface area contributed by atoms with Crippen LogP contribution < -0.4 is 54.4 Å². The molecular weight excluding hydrogens is 847 g/mol. The third kappa shape index (κ3) is 18.1. The molecule has 23 heteroatoms. The van der Waals surface area contributed by atoms with E-state index in [1.165, 1.54) is 24.3 Å². The Morgan fingerprint density at radius 1 is 0.662 bits per heavy atom. The predicted molar refractivity (Wildman–Crippen MR) is 239 cm³/mol. The summed E-state index contributed by atoms with van der Waals surface area (Å²) in [6.07, 6.45) is 0.908. The molecule has 0 unspecified atom stereocenters. The number of benzene rings is 2. The number of amides is 5. The first-order valence-electron chi connectivity index (χ1n) is 20.9. The fraction of sp³-hybridized carbons (Fsp3) is 0.452. The molecule has 1 heterocycles. The van der Waals surface area contributed by atoms with Gasteiger partial charge in [-0.25, -0.2) is 4.79 Å². The SMILES string of the molecule is CC(C)C[C@H](NC(=O)[C@H](Cc1ccc(O)cc1)NC(=O)[C@H](CC(=O)O)NC(=O)[C@H](CCCNC(=N)N)NC(=O)[C@@H](N)Cc1c[nH]c2ccccc12)C(=O)N[C@@H](CCCNC(=N)N)C(=O)O. The molecule has 0 saturated carbocycles. The summed E-state index contributed by atoms with van der Waals surface area (Å²) in [5, 5.41) is 62.7. The highest BCUT2D eigenvalue weighted by molar-refractivity contribution is 5.97. The fourth-order valence-electron chi connectivity index (χ4n) is 6.75. The number of aromatic hydroxyl groups is 1. The van der Waals surface area contributed by atoms with Crippen molar-refractivity contribution in [3.63, 3.8) is 0 Å². The van der Waals surface area contributed by atoms with Crippen molar-refractivity contribution in [2.75, 3.05) is 13.1 Å². The molecule has 65 heavy (non-hydrogen) atoms. The van der Waals surface area contributed by atoms with Crippen molar-refractivity contribution in [1.82, 2.24) is 42.2 Å². The van der Waals surface area contributed by atoms with E-state index in [1.807, 2.05) is 24.3 Å². The minimum Gasteiger partial charge on any atom is -0.508 e. The largest absolute Gasteiger partial charge is 0.508 e. The maximum Gasteiger partial charge on any atom is 0.326 e. The smallest absolute Gasteiger partial charge is 0.326 e. The molecule has 0 fully saturated rings. The number of phenolic OH excluding ortho intramolecular Hbond substituents is 1. The fourth-order valence-corrected chi connectivity index (χ4v) is 6.75. The summed E-state index contributed by atoms with van der Waals surface area (Å²) in [7, 11) is 0. The second-order valence-electron chi connectivity index (χ2n) is 15.9. The summed E-state index contributed by atoms with van der Waals surface area (Å²) in [6.45, 7) is 3.80. The zero-order valence-corrected chi connectivity index (χ0v) is 36.2. The summed E-state index contributed by atoms with van der Waals surface area (Å²) in [6, 6.07) is 4.47. The molecule has 0 aliphatic rings. The topological polar surface area (TPSA) is 406 Å². The molecule has 23 nitrogen and oxygen atoms in total. The average molecular weight is 908 g/mol. The number of H-pyrrole nitrogens is 1. The van der Waals surface area contributed by atoms with Crippen LogP contribution in [0.15, 0.2) is 54.7 Å². The number of carboxylic acid groups (broad SMARTS) is 2. The van der Waals surface area contributed by atoms with Crippen molar-refractivity contribution in [2.45, 2.75) is 101 Å². The molecule has 5 amide bonds. The Labute approximate surface area is 374 Å². The van der Waals surface area contributed by atoms with Crippen LogP contribution in [-0.4, -0.2) is 123 Å². The number of nitrogens with two attached hydrogens (primary N) is 3. The lowest BCUT2D eigenvalue weighted by molar-refractivity contribution is -0.142. The van der Waals surface area contributed by atoms with Gasteiger partial charge in [0.15, 0.2) is 11.9 Å². The lowest BCUT2D eigenvalue weighted by Gasteiger charge is -2.27. The van der Waals surface area contributed by atoms with Crippen LogP contribution in [0.2, 0.25) is 0 Å². The van der Waals surface area contributed by atoms with Gasteiger partial charge < -0.3 is 74.7 Å². The van der Waals surface area contributed by atoms with E-state index in [9.17, 15) is 48.9 Å². The number of aliphatic carboxylic acids is 2. The Hall–Kier alpha value is -7.43. The highest BCUT2D eigenvalue weighted by Gasteiger charge is 2.34. The molecule has 19 N–H and O–H groups in total. The number of carbonyl (C=O) groups excluding carboxylic acids is 5. The number of aromatic nitrogens is 1. The second-order valence-corrected chi connectivity index (χ2v) is 15.9. The summed E-state index contributed by atoms with van der Waals surface area (Å²) in [5.41, 5.74) is 19.0. The maximum atomic E-state index is 14.1. The minimum atomic E-state index is -1.81. The van der Waals surface area contributed by atoms with E-state index in [0.29, 0.717) is 5.56 Å². The lowest BCUT2D eigenvalue weighted by atomic mass is 10.00. The number of carboxylic acids is 2. The first-order valence-corrected chi connectivity index (χ1v) is 20.9. The average Bonchev–Trinajstić information content (AvgIpc) is 3.64. The van der Waals surface area contributed by atoms with E-state index >= 15 is 0 Å². The number of hydrogen-bond donors (Lipinski definition) is 16. The third-order valence-electron chi connectivity index (χ3n) is 10.0. The molecule has 0 saturated heterocycles. The lowest BCUT2D eigenvalue weighted by Crippen LogP contribution is -2.60. The second kappa shape index (κ2) is 25.6. The Morgan fingerprint density at radius 3 is 1.75 bits per heavy atom. The van der Waals surface area contributed by atoms with Gasteiger partial charge in [-0.2, -0.15) is 0 Å². The zero-order chi connectivity index (χ0) is 48.2. The highest BCUT2D eigenvalue weighted by atomic mass is 16.4. The van der Waals surface area contributed by atoms with Gasteiger partial charge in [0.05, 0.1) is 12.5 Å². The summed E-state index contributed by atoms with van der Waals surface area (Å²) in [5.74, 6) is -8.35. The highest BCUT2D eigenvalue weighted by Crippen LogP contribution is 2.19. The van der Waals surface area contributed by atoms with Gasteiger partial charge in [-0.3, -0.25) is 39.6 Å². The Kier molecular flexibility index (Phi) is 20.5. The van der Waals surface area contributed by atoms with E-state index < -0.39 is 84.1 Å². The van der Waals surface area contributed by atoms with Crippen LogP contribution in [0.3, 0.4) is 0 Å². The van der Waals surface area contributed by atoms with Gasteiger partial charge in [0.2, 0.25) is 29.5 Å². The van der Waals surface area contributed by atoms with Gasteiger partial charge in [0.25, 0.3) is 0 Å². The number of aromatic amines is 1. The number of nitrogens with one attached hydrogen (secondary N) is 10. The van der Waals surface area contributed by atoms with Crippen LogP contribution in [0, 0.1) is 16.7 Å². The standard InChI is InChI=1S/C42H61N13O10/c1-22(2)17-31(37(61)52-30(40(64)65)10-6-16-49-42(46)47)53-38(62)32(18-23-11-13-25(56)14-12-23)54-39(63)33(20-34(57)58)55-36(60)29(9-5-15-48-41(44)45)51-35(59)27(43)19-24-21-50-28-8-4-3-7-26(24)28/h3-4,7-8,11-14,21-22,27,29-33,50,56H,5-6,9-10,15-20,43H2,1-2H3,(H,51,59)(H,52,61)(H,53,62)(H,54,63)(H,55,60)(H,57,58)(H,64,65)(H4,44,45,48)(H4,46,47,49)/t27-,29-,30-,31-,32-,33-/m0/s1. The van der Waals surface area contributed by atoms with Gasteiger partial charge in [-0.05, 0) is 73.8 Å². The van der Waals surface area contributed by atoms with Gasteiger partial charge >= 0.3 is 11.9 Å². The van der Waals surface area contributed by atoms with Crippen molar-refractivity contribution in [2.24, 2.45) is 23.1 Å². The molecule has 3 aromatic rings. The molecule has 0 bridgehead atoms. The number of carbonyl (C=O) groups is 7. The molecule has 0 radical (unpaired) electrons. The van der Waals surface area contributed by atoms with Crippen molar-refractivity contribution < 1.29 is 48.9 Å². The molecule has 0 aliphatic heterocycles. The number of para-hydroxylation sites is 1. The number of rotatable bonds is 27. The van der Waals surface area contributed by atoms with Crippen molar-refractivity contribution in [1.29, 1.82) is 10.8 Å². The number of hydrogen-bond acceptors (Lipinski definition) is 11. The first-order chi connectivity index (χ1) is 30.7. The van der Waals surface area contributed by atoms with Crippen molar-refractivity contribution in [3.05, 3.63) is 65.9 Å². The van der Waals surface area contributed by atoms with E-state index in [1.54, 1.807) is 20.0 Å². The predicted octanol–water partition coefficient (Wildman–Crippen LogP) is -1.46. The third-order valence-corrected chi connectivity index (χ3v) is 10.0. The van der Waals surface area contributed by atoms with E-state index in [4.69, 9.17) is 28.0 Å². The van der Waals surface area contributed by atoms with E-state index in [0.717, 1.165) is 16.5 Å². The molecule has 3 rings (SSSR count).